The highest BCUT2D eigenvalue weighted by Crippen LogP contribution is 2.12. The van der Waals surface area contributed by atoms with Crippen LogP contribution in [0.2, 0.25) is 0 Å². The standard InChI is InChI=1S/C14H25N3O2/c1-6-10(2)17-8-7-11(16-17)9-12(15)13(18)19-14(3,4)5/h7-8,10,12H,6,9,15H2,1-5H3. The summed E-state index contributed by atoms with van der Waals surface area (Å²) in [5.74, 6) is -0.384. The molecule has 0 bridgehead atoms. The van der Waals surface area contributed by atoms with Crippen molar-refractivity contribution in [3.8, 4) is 0 Å². The van der Waals surface area contributed by atoms with Crippen molar-refractivity contribution in [3.05, 3.63) is 18.0 Å². The Morgan fingerprint density at radius 3 is 2.68 bits per heavy atom. The highest BCUT2D eigenvalue weighted by Gasteiger charge is 2.23. The predicted octanol–water partition coefficient (Wildman–Crippen LogP) is 2.07. The number of esters is 1. The van der Waals surface area contributed by atoms with Gasteiger partial charge in [0.25, 0.3) is 0 Å². The quantitative estimate of drug-likeness (QED) is 0.829. The van der Waals surface area contributed by atoms with Crippen molar-refractivity contribution in [2.75, 3.05) is 0 Å². The maximum Gasteiger partial charge on any atom is 0.323 e. The smallest absolute Gasteiger partial charge is 0.323 e. The first-order valence-electron chi connectivity index (χ1n) is 6.75. The van der Waals surface area contributed by atoms with E-state index in [1.807, 2.05) is 37.7 Å². The minimum absolute atomic E-state index is 0.353. The van der Waals surface area contributed by atoms with Gasteiger partial charge in [-0.1, -0.05) is 6.92 Å². The van der Waals surface area contributed by atoms with Crippen molar-refractivity contribution < 1.29 is 9.53 Å². The molecule has 1 heterocycles. The number of carbonyl (C=O) groups excluding carboxylic acids is 1. The first kappa shape index (κ1) is 15.7. The average molecular weight is 267 g/mol. The molecule has 0 saturated heterocycles. The van der Waals surface area contributed by atoms with Gasteiger partial charge >= 0.3 is 5.97 Å². The van der Waals surface area contributed by atoms with E-state index in [1.165, 1.54) is 0 Å². The summed E-state index contributed by atoms with van der Waals surface area (Å²) < 4.78 is 7.15. The third kappa shape index (κ3) is 5.03. The monoisotopic (exact) mass is 267 g/mol. The predicted molar refractivity (Wildman–Crippen MR) is 74.8 cm³/mol. The van der Waals surface area contributed by atoms with Gasteiger partial charge in [-0.15, -0.1) is 0 Å². The Bertz CT molecular complexity index is 421. The van der Waals surface area contributed by atoms with Crippen molar-refractivity contribution in [2.45, 2.75) is 65.1 Å². The second kappa shape index (κ2) is 6.19. The first-order chi connectivity index (χ1) is 8.73. The molecule has 108 valence electrons. The molecule has 1 rings (SSSR count). The van der Waals surface area contributed by atoms with Gasteiger partial charge in [0.05, 0.1) is 5.69 Å². The molecule has 2 atom stereocenters. The Hall–Kier alpha value is -1.36. The van der Waals surface area contributed by atoms with Crippen LogP contribution >= 0.6 is 0 Å². The summed E-state index contributed by atoms with van der Waals surface area (Å²) in [7, 11) is 0. The fourth-order valence-corrected chi connectivity index (χ4v) is 1.60. The highest BCUT2D eigenvalue weighted by molar-refractivity contribution is 5.76. The fraction of sp³-hybridized carbons (Fsp3) is 0.714. The van der Waals surface area contributed by atoms with Crippen LogP contribution in [0.4, 0.5) is 0 Å². The maximum atomic E-state index is 11.8. The minimum Gasteiger partial charge on any atom is -0.459 e. The van der Waals surface area contributed by atoms with Gasteiger partial charge in [-0.3, -0.25) is 9.48 Å². The van der Waals surface area contributed by atoms with Crippen LogP contribution in [0.25, 0.3) is 0 Å². The van der Waals surface area contributed by atoms with E-state index in [1.54, 1.807) is 0 Å². The summed E-state index contributed by atoms with van der Waals surface area (Å²) in [6, 6.07) is 1.59. The van der Waals surface area contributed by atoms with Crippen molar-refractivity contribution in [1.82, 2.24) is 9.78 Å². The Labute approximate surface area is 115 Å². The molecular formula is C14H25N3O2. The number of carbonyl (C=O) groups is 1. The van der Waals surface area contributed by atoms with E-state index in [2.05, 4.69) is 18.9 Å². The van der Waals surface area contributed by atoms with E-state index in [0.717, 1.165) is 12.1 Å². The average Bonchev–Trinajstić information content (AvgIpc) is 2.74. The van der Waals surface area contributed by atoms with Crippen LogP contribution in [-0.4, -0.2) is 27.4 Å². The summed E-state index contributed by atoms with van der Waals surface area (Å²) in [5, 5.41) is 4.43. The summed E-state index contributed by atoms with van der Waals surface area (Å²) in [6.45, 7) is 9.70. The Morgan fingerprint density at radius 2 is 2.16 bits per heavy atom. The van der Waals surface area contributed by atoms with Crippen molar-refractivity contribution in [3.63, 3.8) is 0 Å². The van der Waals surface area contributed by atoms with E-state index >= 15 is 0 Å². The number of hydrogen-bond acceptors (Lipinski definition) is 4. The number of nitrogens with zero attached hydrogens (tertiary/aromatic N) is 2. The Balaban J connectivity index is 2.59. The number of hydrogen-bond donors (Lipinski definition) is 1. The second-order valence-corrected chi connectivity index (χ2v) is 5.89. The van der Waals surface area contributed by atoms with Crippen LogP contribution in [0.3, 0.4) is 0 Å². The lowest BCUT2D eigenvalue weighted by Crippen LogP contribution is -2.38. The molecule has 0 fully saturated rings. The molecule has 0 radical (unpaired) electrons. The first-order valence-corrected chi connectivity index (χ1v) is 6.75. The second-order valence-electron chi connectivity index (χ2n) is 5.89. The van der Waals surface area contributed by atoms with E-state index in [-0.39, 0.29) is 5.97 Å². The molecule has 0 aliphatic heterocycles. The molecule has 0 aliphatic carbocycles. The highest BCUT2D eigenvalue weighted by atomic mass is 16.6. The largest absolute Gasteiger partial charge is 0.459 e. The summed E-state index contributed by atoms with van der Waals surface area (Å²) in [6.07, 6.45) is 3.34. The van der Waals surface area contributed by atoms with E-state index in [4.69, 9.17) is 10.5 Å². The lowest BCUT2D eigenvalue weighted by Gasteiger charge is -2.21. The van der Waals surface area contributed by atoms with Crippen molar-refractivity contribution in [1.29, 1.82) is 0 Å². The number of rotatable bonds is 5. The molecule has 0 aliphatic rings. The van der Waals surface area contributed by atoms with Crippen LogP contribution in [-0.2, 0) is 16.0 Å². The lowest BCUT2D eigenvalue weighted by molar-refractivity contribution is -0.156. The van der Waals surface area contributed by atoms with Crippen LogP contribution in [0.15, 0.2) is 12.3 Å². The van der Waals surface area contributed by atoms with Gasteiger partial charge in [0, 0.05) is 18.7 Å². The Morgan fingerprint density at radius 1 is 1.53 bits per heavy atom. The number of aromatic nitrogens is 2. The van der Waals surface area contributed by atoms with Crippen LogP contribution in [0, 0.1) is 0 Å². The summed E-state index contributed by atoms with van der Waals surface area (Å²) in [4.78, 5) is 11.8. The van der Waals surface area contributed by atoms with Crippen LogP contribution < -0.4 is 5.73 Å². The third-order valence-corrected chi connectivity index (χ3v) is 2.84. The zero-order valence-electron chi connectivity index (χ0n) is 12.5. The van der Waals surface area contributed by atoms with Gasteiger partial charge in [0.15, 0.2) is 0 Å². The van der Waals surface area contributed by atoms with Gasteiger partial charge in [-0.2, -0.15) is 5.10 Å². The molecule has 5 nitrogen and oxygen atoms in total. The third-order valence-electron chi connectivity index (χ3n) is 2.84. The van der Waals surface area contributed by atoms with Crippen molar-refractivity contribution >= 4 is 5.97 Å². The van der Waals surface area contributed by atoms with Gasteiger partial charge in [-0.25, -0.2) is 0 Å². The molecule has 1 aromatic heterocycles. The van der Waals surface area contributed by atoms with E-state index < -0.39 is 11.6 Å². The molecule has 0 aromatic carbocycles. The summed E-state index contributed by atoms with van der Waals surface area (Å²) in [5.41, 5.74) is 6.16. The van der Waals surface area contributed by atoms with E-state index in [0.29, 0.717) is 12.5 Å². The number of ether oxygens (including phenoxy) is 1. The van der Waals surface area contributed by atoms with Gasteiger partial charge in [0.2, 0.25) is 0 Å². The molecular weight excluding hydrogens is 242 g/mol. The zero-order chi connectivity index (χ0) is 14.6. The van der Waals surface area contributed by atoms with E-state index in [9.17, 15) is 4.79 Å². The summed E-state index contributed by atoms with van der Waals surface area (Å²) >= 11 is 0. The van der Waals surface area contributed by atoms with Crippen LogP contribution in [0.5, 0.6) is 0 Å². The normalized spacial score (nSPS) is 15.1. The van der Waals surface area contributed by atoms with Gasteiger partial charge in [0.1, 0.15) is 11.6 Å². The molecule has 5 heteroatoms. The molecule has 2 N–H and O–H groups in total. The SMILES string of the molecule is CCC(C)n1ccc(CC(N)C(=O)OC(C)(C)C)n1. The van der Waals surface area contributed by atoms with Crippen LogP contribution in [0.1, 0.15) is 52.8 Å². The topological polar surface area (TPSA) is 70.1 Å². The minimum atomic E-state index is -0.667. The van der Waals surface area contributed by atoms with Crippen molar-refractivity contribution in [2.24, 2.45) is 5.73 Å². The molecule has 0 amide bonds. The van der Waals surface area contributed by atoms with Gasteiger partial charge < -0.3 is 10.5 Å². The zero-order valence-corrected chi connectivity index (χ0v) is 12.5. The maximum absolute atomic E-state index is 11.8. The fourth-order valence-electron chi connectivity index (χ4n) is 1.60. The lowest BCUT2D eigenvalue weighted by atomic mass is 10.1. The molecule has 1 aromatic rings. The molecule has 0 saturated carbocycles. The molecule has 0 spiro atoms. The number of nitrogens with two attached hydrogens (primary N) is 1. The molecule has 2 unspecified atom stereocenters. The molecule has 19 heavy (non-hydrogen) atoms. The Kier molecular flexibility index (Phi) is 5.11. The van der Waals surface area contributed by atoms with Gasteiger partial charge in [-0.05, 0) is 40.2 Å².